The van der Waals surface area contributed by atoms with Crippen molar-refractivity contribution < 1.29 is 9.94 Å². The second kappa shape index (κ2) is 4.01. The molecule has 0 radical (unpaired) electrons. The summed E-state index contributed by atoms with van der Waals surface area (Å²) in [6.45, 7) is 0.387. The van der Waals surface area contributed by atoms with E-state index in [0.717, 1.165) is 0 Å². The van der Waals surface area contributed by atoms with Crippen LogP contribution in [0.15, 0.2) is 0 Å². The Hall–Kier alpha value is -0.160. The molecule has 1 unspecified atom stereocenters. The lowest BCUT2D eigenvalue weighted by molar-refractivity contribution is -0.104. The smallest absolute Gasteiger partial charge is 0.175 e. The summed E-state index contributed by atoms with van der Waals surface area (Å²) in [7, 11) is 0. The first-order valence-corrected chi connectivity index (χ1v) is 2.05. The van der Waals surface area contributed by atoms with Crippen molar-refractivity contribution in [2.75, 3.05) is 6.54 Å². The summed E-state index contributed by atoms with van der Waals surface area (Å²) in [6, 6.07) is 0. The second-order valence-corrected chi connectivity index (χ2v) is 1.17. The summed E-state index contributed by atoms with van der Waals surface area (Å²) >= 11 is 0. The summed E-state index contributed by atoms with van der Waals surface area (Å²) in [5.41, 5.74) is 5.01. The van der Waals surface area contributed by atoms with E-state index >= 15 is 0 Å². The summed E-state index contributed by atoms with van der Waals surface area (Å²) in [6.07, 6.45) is -0.513. The third-order valence-electron chi connectivity index (χ3n) is 0.571. The number of hydrogen-bond donors (Lipinski definition) is 3. The van der Waals surface area contributed by atoms with E-state index in [-0.39, 0.29) is 0 Å². The minimum absolute atomic E-state index is 0.385. The Bertz CT molecular complexity index is 41.9. The van der Waals surface area contributed by atoms with Gasteiger partial charge in [-0.3, -0.25) is 4.84 Å². The first-order valence-electron chi connectivity index (χ1n) is 2.05. The third-order valence-corrected chi connectivity index (χ3v) is 0.571. The minimum atomic E-state index is -0.898. The van der Waals surface area contributed by atoms with E-state index in [2.05, 4.69) is 10.7 Å². The van der Waals surface area contributed by atoms with Gasteiger partial charge < -0.3 is 10.8 Å². The lowest BCUT2D eigenvalue weighted by Crippen LogP contribution is -2.19. The molecule has 0 aliphatic carbocycles. The Morgan fingerprint density at radius 1 is 1.71 bits per heavy atom. The Labute approximate surface area is 42.0 Å². The SMILES string of the molecule is NCCC(O)ON. The van der Waals surface area contributed by atoms with Crippen molar-refractivity contribution in [3.8, 4) is 0 Å². The van der Waals surface area contributed by atoms with Gasteiger partial charge in [0.1, 0.15) is 0 Å². The maximum Gasteiger partial charge on any atom is 0.175 e. The maximum atomic E-state index is 8.43. The van der Waals surface area contributed by atoms with Crippen LogP contribution < -0.4 is 11.6 Å². The highest BCUT2D eigenvalue weighted by atomic mass is 16.7. The van der Waals surface area contributed by atoms with Crippen LogP contribution in [0.3, 0.4) is 0 Å². The zero-order valence-electron chi connectivity index (χ0n) is 4.00. The Kier molecular flexibility index (Phi) is 3.92. The Balaban J connectivity index is 2.83. The highest BCUT2D eigenvalue weighted by molar-refractivity contribution is 4.37. The summed E-state index contributed by atoms with van der Waals surface area (Å²) in [5.74, 6) is 4.55. The van der Waals surface area contributed by atoms with Gasteiger partial charge in [-0.15, -0.1) is 0 Å². The van der Waals surface area contributed by atoms with E-state index < -0.39 is 6.29 Å². The standard InChI is InChI=1S/C3H10N2O2/c4-2-1-3(6)7-5/h3,6H,1-2,4-5H2. The van der Waals surface area contributed by atoms with Gasteiger partial charge in [0, 0.05) is 6.42 Å². The molecular formula is C3H10N2O2. The molecule has 0 heterocycles. The van der Waals surface area contributed by atoms with Crippen molar-refractivity contribution in [3.63, 3.8) is 0 Å². The lowest BCUT2D eigenvalue weighted by atomic mass is 10.4. The predicted octanol–water partition coefficient (Wildman–Crippen LogP) is -1.46. The highest BCUT2D eigenvalue weighted by Gasteiger charge is 1.96. The monoisotopic (exact) mass is 106 g/mol. The van der Waals surface area contributed by atoms with Crippen LogP contribution >= 0.6 is 0 Å². The van der Waals surface area contributed by atoms with Crippen molar-refractivity contribution in [2.45, 2.75) is 12.7 Å². The normalized spacial score (nSPS) is 14.1. The molecule has 0 rings (SSSR count). The number of rotatable bonds is 3. The van der Waals surface area contributed by atoms with Crippen LogP contribution in [0, 0.1) is 0 Å². The molecule has 0 saturated carbocycles. The molecular weight excluding hydrogens is 96.0 g/mol. The fraction of sp³-hybridized carbons (Fsp3) is 1.00. The zero-order chi connectivity index (χ0) is 5.70. The van der Waals surface area contributed by atoms with Gasteiger partial charge >= 0.3 is 0 Å². The van der Waals surface area contributed by atoms with Crippen molar-refractivity contribution in [1.29, 1.82) is 0 Å². The molecule has 5 N–H and O–H groups in total. The first kappa shape index (κ1) is 6.84. The van der Waals surface area contributed by atoms with E-state index in [4.69, 9.17) is 10.8 Å². The number of nitrogens with two attached hydrogens (primary N) is 2. The van der Waals surface area contributed by atoms with Gasteiger partial charge in [-0.05, 0) is 6.54 Å². The van der Waals surface area contributed by atoms with E-state index in [1.54, 1.807) is 0 Å². The van der Waals surface area contributed by atoms with E-state index in [0.29, 0.717) is 13.0 Å². The molecule has 7 heavy (non-hydrogen) atoms. The van der Waals surface area contributed by atoms with Crippen LogP contribution in [-0.2, 0) is 4.84 Å². The van der Waals surface area contributed by atoms with Gasteiger partial charge in [-0.1, -0.05) is 0 Å². The molecule has 0 saturated heterocycles. The van der Waals surface area contributed by atoms with Gasteiger partial charge in [0.15, 0.2) is 6.29 Å². The fourth-order valence-electron chi connectivity index (χ4n) is 0.211. The molecule has 4 heteroatoms. The number of aliphatic hydroxyl groups is 1. The largest absolute Gasteiger partial charge is 0.366 e. The molecule has 0 aromatic heterocycles. The molecule has 0 amide bonds. The van der Waals surface area contributed by atoms with Crippen LogP contribution in [0.5, 0.6) is 0 Å². The van der Waals surface area contributed by atoms with Crippen molar-refractivity contribution in [2.24, 2.45) is 11.6 Å². The number of hydrogen-bond acceptors (Lipinski definition) is 4. The van der Waals surface area contributed by atoms with Gasteiger partial charge in [0.2, 0.25) is 0 Å². The Morgan fingerprint density at radius 3 is 2.43 bits per heavy atom. The van der Waals surface area contributed by atoms with Crippen LogP contribution in [-0.4, -0.2) is 17.9 Å². The number of aliphatic hydroxyl groups excluding tert-OH is 1. The average molecular weight is 106 g/mol. The summed E-state index contributed by atoms with van der Waals surface area (Å²) in [4.78, 5) is 3.97. The zero-order valence-corrected chi connectivity index (χ0v) is 4.00. The van der Waals surface area contributed by atoms with Crippen LogP contribution in [0.2, 0.25) is 0 Å². The molecule has 0 aliphatic rings. The highest BCUT2D eigenvalue weighted by Crippen LogP contribution is 1.83. The molecule has 0 aromatic carbocycles. The van der Waals surface area contributed by atoms with Crippen LogP contribution in [0.1, 0.15) is 6.42 Å². The van der Waals surface area contributed by atoms with Crippen molar-refractivity contribution in [1.82, 2.24) is 0 Å². The molecule has 0 bridgehead atoms. The van der Waals surface area contributed by atoms with Crippen molar-refractivity contribution in [3.05, 3.63) is 0 Å². The molecule has 0 spiro atoms. The van der Waals surface area contributed by atoms with Gasteiger partial charge in [0.05, 0.1) is 0 Å². The minimum Gasteiger partial charge on any atom is -0.366 e. The van der Waals surface area contributed by atoms with E-state index in [9.17, 15) is 0 Å². The average Bonchev–Trinajstić information content (AvgIpc) is 1.68. The van der Waals surface area contributed by atoms with Crippen molar-refractivity contribution >= 4 is 0 Å². The molecule has 44 valence electrons. The van der Waals surface area contributed by atoms with Gasteiger partial charge in [-0.2, -0.15) is 0 Å². The topological polar surface area (TPSA) is 81.5 Å². The molecule has 0 fully saturated rings. The third kappa shape index (κ3) is 3.68. The molecule has 4 nitrogen and oxygen atoms in total. The van der Waals surface area contributed by atoms with Gasteiger partial charge in [-0.25, -0.2) is 5.90 Å². The van der Waals surface area contributed by atoms with E-state index in [1.165, 1.54) is 0 Å². The molecule has 0 aromatic rings. The molecule has 1 atom stereocenters. The van der Waals surface area contributed by atoms with Crippen LogP contribution in [0.25, 0.3) is 0 Å². The summed E-state index contributed by atoms with van der Waals surface area (Å²) < 4.78 is 0. The summed E-state index contributed by atoms with van der Waals surface area (Å²) in [5, 5.41) is 8.43. The second-order valence-electron chi connectivity index (χ2n) is 1.17. The Morgan fingerprint density at radius 2 is 2.29 bits per heavy atom. The van der Waals surface area contributed by atoms with Gasteiger partial charge in [0.25, 0.3) is 0 Å². The first-order chi connectivity index (χ1) is 3.31. The fourth-order valence-corrected chi connectivity index (χ4v) is 0.211. The maximum absolute atomic E-state index is 8.43. The van der Waals surface area contributed by atoms with Crippen LogP contribution in [0.4, 0.5) is 0 Å². The molecule has 0 aliphatic heterocycles. The predicted molar refractivity (Wildman–Crippen MR) is 25.0 cm³/mol. The lowest BCUT2D eigenvalue weighted by Gasteiger charge is -2.02. The quantitative estimate of drug-likeness (QED) is 0.303. The van der Waals surface area contributed by atoms with E-state index in [1.807, 2.05) is 0 Å².